The van der Waals surface area contributed by atoms with Crippen LogP contribution in [0, 0.1) is 11.6 Å². The highest BCUT2D eigenvalue weighted by Crippen LogP contribution is 2.18. The van der Waals surface area contributed by atoms with Gasteiger partial charge in [0.2, 0.25) is 0 Å². The Labute approximate surface area is 173 Å². The molecule has 30 heavy (non-hydrogen) atoms. The van der Waals surface area contributed by atoms with Gasteiger partial charge < -0.3 is 19.3 Å². The van der Waals surface area contributed by atoms with Gasteiger partial charge in [-0.15, -0.1) is 0 Å². The first kappa shape index (κ1) is 21.5. The largest absolute Gasteiger partial charge is 0.481 e. The van der Waals surface area contributed by atoms with E-state index in [1.165, 1.54) is 6.20 Å². The molecule has 7 nitrogen and oxygen atoms in total. The molecule has 1 fully saturated rings. The fourth-order valence-electron chi connectivity index (χ4n) is 3.13. The van der Waals surface area contributed by atoms with E-state index >= 15 is 0 Å². The van der Waals surface area contributed by atoms with Crippen LogP contribution in [0.5, 0.6) is 5.75 Å². The van der Waals surface area contributed by atoms with Crippen LogP contribution in [0.3, 0.4) is 0 Å². The van der Waals surface area contributed by atoms with Crippen LogP contribution in [0.15, 0.2) is 36.5 Å². The first-order valence-corrected chi connectivity index (χ1v) is 9.71. The van der Waals surface area contributed by atoms with Gasteiger partial charge in [-0.2, -0.15) is 0 Å². The van der Waals surface area contributed by atoms with Gasteiger partial charge in [0.25, 0.3) is 5.91 Å². The number of carbonyl (C=O) groups excluding carboxylic acids is 2. The van der Waals surface area contributed by atoms with Crippen molar-refractivity contribution in [1.29, 1.82) is 0 Å². The van der Waals surface area contributed by atoms with Gasteiger partial charge in [0.05, 0.1) is 12.2 Å². The molecule has 0 bridgehead atoms. The molecule has 0 spiro atoms. The third kappa shape index (κ3) is 5.43. The first-order chi connectivity index (χ1) is 14.5. The van der Waals surface area contributed by atoms with Crippen molar-refractivity contribution in [3.63, 3.8) is 0 Å². The highest BCUT2D eigenvalue weighted by molar-refractivity contribution is 5.89. The molecular formula is C21H23F2N3O4. The van der Waals surface area contributed by atoms with Crippen molar-refractivity contribution in [2.24, 2.45) is 0 Å². The van der Waals surface area contributed by atoms with Crippen molar-refractivity contribution in [2.75, 3.05) is 44.3 Å². The second kappa shape index (κ2) is 10.00. The maximum atomic E-state index is 13.6. The lowest BCUT2D eigenvalue weighted by atomic mass is 10.2. The molecule has 9 heteroatoms. The first-order valence-electron chi connectivity index (χ1n) is 9.71. The standard InChI is InChI=1S/C21H23F2N3O4/c1-2-29-21(28)15-4-7-19(24-13-15)25-8-3-9-26(11-10-25)20(27)14-30-18-6-5-16(22)12-17(18)23/h4-7,12-13H,2-3,8-11,14H2,1H3. The Kier molecular flexibility index (Phi) is 7.16. The predicted octanol–water partition coefficient (Wildman–Crippen LogP) is 2.65. The molecule has 1 aliphatic heterocycles. The number of esters is 1. The van der Waals surface area contributed by atoms with Gasteiger partial charge in [-0.1, -0.05) is 0 Å². The predicted molar refractivity (Wildman–Crippen MR) is 105 cm³/mol. The smallest absolute Gasteiger partial charge is 0.339 e. The average molecular weight is 419 g/mol. The molecule has 0 unspecified atom stereocenters. The zero-order valence-corrected chi connectivity index (χ0v) is 16.6. The van der Waals surface area contributed by atoms with E-state index < -0.39 is 17.6 Å². The minimum Gasteiger partial charge on any atom is -0.481 e. The number of amides is 1. The second-order valence-corrected chi connectivity index (χ2v) is 6.71. The molecule has 0 N–H and O–H groups in total. The Morgan fingerprint density at radius 1 is 1.10 bits per heavy atom. The Morgan fingerprint density at radius 3 is 2.63 bits per heavy atom. The summed E-state index contributed by atoms with van der Waals surface area (Å²) in [5.74, 6) is -1.69. The normalized spacial score (nSPS) is 14.2. The molecule has 3 rings (SSSR count). The van der Waals surface area contributed by atoms with Gasteiger partial charge in [0.15, 0.2) is 18.2 Å². The van der Waals surface area contributed by atoms with E-state index in [-0.39, 0.29) is 18.3 Å². The molecule has 1 aromatic carbocycles. The summed E-state index contributed by atoms with van der Waals surface area (Å²) >= 11 is 0. The molecule has 160 valence electrons. The van der Waals surface area contributed by atoms with Crippen LogP contribution in [0.4, 0.5) is 14.6 Å². The third-order valence-electron chi connectivity index (χ3n) is 4.68. The Bertz CT molecular complexity index is 892. The van der Waals surface area contributed by atoms with Crippen molar-refractivity contribution in [1.82, 2.24) is 9.88 Å². The van der Waals surface area contributed by atoms with Gasteiger partial charge >= 0.3 is 5.97 Å². The number of rotatable bonds is 6. The topological polar surface area (TPSA) is 72.0 Å². The number of hydrogen-bond donors (Lipinski definition) is 0. The van der Waals surface area contributed by atoms with Crippen molar-refractivity contribution >= 4 is 17.7 Å². The molecule has 0 saturated carbocycles. The Hall–Kier alpha value is -3.23. The minimum atomic E-state index is -0.845. The Balaban J connectivity index is 1.54. The minimum absolute atomic E-state index is 0.160. The molecule has 0 atom stereocenters. The van der Waals surface area contributed by atoms with Crippen molar-refractivity contribution in [3.8, 4) is 5.75 Å². The quantitative estimate of drug-likeness (QED) is 0.671. The zero-order valence-electron chi connectivity index (χ0n) is 16.6. The molecule has 1 aromatic heterocycles. The summed E-state index contributed by atoms with van der Waals surface area (Å²) in [6, 6.07) is 6.37. The van der Waals surface area contributed by atoms with Gasteiger partial charge in [-0.25, -0.2) is 18.6 Å². The van der Waals surface area contributed by atoms with Crippen molar-refractivity contribution in [2.45, 2.75) is 13.3 Å². The molecule has 2 heterocycles. The number of ether oxygens (including phenoxy) is 2. The van der Waals surface area contributed by atoms with Crippen LogP contribution in [-0.2, 0) is 9.53 Å². The maximum Gasteiger partial charge on any atom is 0.339 e. The number of halogens is 2. The molecule has 0 aliphatic carbocycles. The average Bonchev–Trinajstić information content (AvgIpc) is 2.99. The van der Waals surface area contributed by atoms with Gasteiger partial charge in [-0.3, -0.25) is 4.79 Å². The monoisotopic (exact) mass is 419 g/mol. The summed E-state index contributed by atoms with van der Waals surface area (Å²) in [6.07, 6.45) is 2.20. The van der Waals surface area contributed by atoms with E-state index in [0.717, 1.165) is 18.6 Å². The highest BCUT2D eigenvalue weighted by atomic mass is 19.1. The van der Waals surface area contributed by atoms with Crippen LogP contribution >= 0.6 is 0 Å². The fraction of sp³-hybridized carbons (Fsp3) is 0.381. The lowest BCUT2D eigenvalue weighted by Gasteiger charge is -2.23. The van der Waals surface area contributed by atoms with E-state index in [1.54, 1.807) is 24.0 Å². The molecular weight excluding hydrogens is 396 g/mol. The summed E-state index contributed by atoms with van der Waals surface area (Å²) < 4.78 is 36.8. The Morgan fingerprint density at radius 2 is 1.93 bits per heavy atom. The highest BCUT2D eigenvalue weighted by Gasteiger charge is 2.21. The zero-order chi connectivity index (χ0) is 21.5. The summed E-state index contributed by atoms with van der Waals surface area (Å²) in [4.78, 5) is 32.2. The van der Waals surface area contributed by atoms with Crippen molar-refractivity contribution < 1.29 is 27.8 Å². The van der Waals surface area contributed by atoms with Gasteiger partial charge in [-0.05, 0) is 37.6 Å². The van der Waals surface area contributed by atoms with Crippen LogP contribution in [0.1, 0.15) is 23.7 Å². The summed E-state index contributed by atoms with van der Waals surface area (Å²) in [5.41, 5.74) is 0.386. The SMILES string of the molecule is CCOC(=O)c1ccc(N2CCCN(C(=O)COc3ccc(F)cc3F)CC2)nc1. The number of hydrogen-bond acceptors (Lipinski definition) is 6. The second-order valence-electron chi connectivity index (χ2n) is 6.71. The number of pyridine rings is 1. The number of carbonyl (C=O) groups is 2. The van der Waals surface area contributed by atoms with Crippen LogP contribution in [-0.4, -0.2) is 61.2 Å². The summed E-state index contributed by atoms with van der Waals surface area (Å²) in [7, 11) is 0. The van der Waals surface area contributed by atoms with E-state index in [0.29, 0.717) is 50.2 Å². The van der Waals surface area contributed by atoms with E-state index in [2.05, 4.69) is 4.98 Å². The maximum absolute atomic E-state index is 13.6. The van der Waals surface area contributed by atoms with Crippen LogP contribution in [0.25, 0.3) is 0 Å². The molecule has 1 saturated heterocycles. The van der Waals surface area contributed by atoms with Gasteiger partial charge in [0.1, 0.15) is 11.6 Å². The van der Waals surface area contributed by atoms with E-state index in [9.17, 15) is 18.4 Å². The van der Waals surface area contributed by atoms with Gasteiger partial charge in [0, 0.05) is 38.4 Å². The fourth-order valence-corrected chi connectivity index (χ4v) is 3.13. The lowest BCUT2D eigenvalue weighted by molar-refractivity contribution is -0.133. The molecule has 1 aliphatic rings. The number of aromatic nitrogens is 1. The van der Waals surface area contributed by atoms with Crippen LogP contribution < -0.4 is 9.64 Å². The third-order valence-corrected chi connectivity index (χ3v) is 4.68. The van der Waals surface area contributed by atoms with E-state index in [1.807, 2.05) is 4.90 Å². The molecule has 2 aromatic rings. The summed E-state index contributed by atoms with van der Waals surface area (Å²) in [5, 5.41) is 0. The van der Waals surface area contributed by atoms with Crippen LogP contribution in [0.2, 0.25) is 0 Å². The number of nitrogens with zero attached hydrogens (tertiary/aromatic N) is 3. The molecule has 1 amide bonds. The number of benzene rings is 1. The lowest BCUT2D eigenvalue weighted by Crippen LogP contribution is -2.38. The summed E-state index contributed by atoms with van der Waals surface area (Å²) in [6.45, 7) is 3.96. The number of anilines is 1. The van der Waals surface area contributed by atoms with E-state index in [4.69, 9.17) is 9.47 Å². The molecule has 0 radical (unpaired) electrons. The van der Waals surface area contributed by atoms with Crippen molar-refractivity contribution in [3.05, 3.63) is 53.7 Å².